The first-order chi connectivity index (χ1) is 49.7. The molecule has 0 aromatic rings. The van der Waals surface area contributed by atoms with Crippen LogP contribution in [0.4, 0.5) is 0 Å². The van der Waals surface area contributed by atoms with E-state index in [0.717, 1.165) is 120 Å². The molecule has 0 aliphatic heterocycles. The Kier molecular flexibility index (Phi) is 71.5. The van der Waals surface area contributed by atoms with Gasteiger partial charge in [-0.2, -0.15) is 0 Å². The number of aliphatic hydroxyl groups is 1. The summed E-state index contributed by atoms with van der Waals surface area (Å²) >= 11 is 0. The van der Waals surface area contributed by atoms with E-state index in [1.807, 2.05) is 0 Å². The maximum absolute atomic E-state index is 13.1. The molecular formula is C84H164O17P2. The van der Waals surface area contributed by atoms with E-state index in [0.29, 0.717) is 25.7 Å². The number of aliphatic hydroxyl groups excluding tert-OH is 1. The number of hydrogen-bond acceptors (Lipinski definition) is 15. The largest absolute Gasteiger partial charge is 0.472 e. The summed E-state index contributed by atoms with van der Waals surface area (Å²) in [6.45, 7) is 14.3. The zero-order valence-corrected chi connectivity index (χ0v) is 69.7. The van der Waals surface area contributed by atoms with E-state index >= 15 is 0 Å². The zero-order chi connectivity index (χ0) is 76.0. The lowest BCUT2D eigenvalue weighted by Gasteiger charge is -2.21. The molecule has 19 heteroatoms. The quantitative estimate of drug-likeness (QED) is 0.0222. The fraction of sp³-hybridized carbons (Fsp3) is 0.952. The molecule has 0 aromatic heterocycles. The first-order valence-corrected chi connectivity index (χ1v) is 46.3. The predicted octanol–water partition coefficient (Wildman–Crippen LogP) is 25.2. The first kappa shape index (κ1) is 101. The van der Waals surface area contributed by atoms with Gasteiger partial charge in [0, 0.05) is 25.7 Å². The molecule has 0 spiro atoms. The monoisotopic (exact) mass is 1510 g/mol. The van der Waals surface area contributed by atoms with Gasteiger partial charge in [0.2, 0.25) is 0 Å². The molecule has 3 N–H and O–H groups in total. The second-order valence-electron chi connectivity index (χ2n) is 31.4. The Morgan fingerprint density at radius 1 is 0.272 bits per heavy atom. The average molecular weight is 1510 g/mol. The van der Waals surface area contributed by atoms with Crippen molar-refractivity contribution in [2.75, 3.05) is 39.6 Å². The lowest BCUT2D eigenvalue weighted by atomic mass is 9.99. The van der Waals surface area contributed by atoms with Crippen molar-refractivity contribution < 1.29 is 80.2 Å². The summed E-state index contributed by atoms with van der Waals surface area (Å²) in [5.74, 6) is 1.10. The molecule has 0 fully saturated rings. The number of ether oxygens (including phenoxy) is 4. The van der Waals surface area contributed by atoms with Gasteiger partial charge in [0.25, 0.3) is 0 Å². The van der Waals surface area contributed by atoms with Crippen LogP contribution in [0.5, 0.6) is 0 Å². The van der Waals surface area contributed by atoms with Crippen LogP contribution in [-0.2, 0) is 65.4 Å². The lowest BCUT2D eigenvalue weighted by molar-refractivity contribution is -0.161. The molecule has 103 heavy (non-hydrogen) atoms. The highest BCUT2D eigenvalue weighted by Crippen LogP contribution is 2.45. The van der Waals surface area contributed by atoms with Gasteiger partial charge in [0.15, 0.2) is 12.2 Å². The molecule has 0 radical (unpaired) electrons. The summed E-state index contributed by atoms with van der Waals surface area (Å²) < 4.78 is 68.8. The van der Waals surface area contributed by atoms with Crippen molar-refractivity contribution in [1.82, 2.24) is 0 Å². The Morgan fingerprint density at radius 2 is 0.466 bits per heavy atom. The maximum atomic E-state index is 13.1. The number of phosphoric ester groups is 2. The van der Waals surface area contributed by atoms with Gasteiger partial charge in [-0.3, -0.25) is 37.3 Å². The van der Waals surface area contributed by atoms with E-state index in [9.17, 15) is 43.2 Å². The molecule has 0 saturated heterocycles. The number of rotatable bonds is 81. The second kappa shape index (κ2) is 72.9. The number of carbonyl (C=O) groups is 4. The topological polar surface area (TPSA) is 237 Å². The summed E-state index contributed by atoms with van der Waals surface area (Å²) in [4.78, 5) is 73.1. The highest BCUT2D eigenvalue weighted by molar-refractivity contribution is 7.47. The molecule has 0 saturated carbocycles. The van der Waals surface area contributed by atoms with Crippen LogP contribution in [0, 0.1) is 23.7 Å². The standard InChI is InChI=1S/C84H164O17P2/c1-9-75(6)61-53-45-37-31-25-21-18-19-23-27-35-41-51-59-67-84(89)101-80(71-95-82(87)65-57-49-43-42-47-55-63-77(8)11-3)73-99-103(92,93)97-69-78(85)68-96-102(90,91)98-72-79(70-94-81(86)64-56-48-39-33-29-28-32-38-46-54-62-76(7)10-2)100-83(88)66-58-50-40-34-26-22-17-15-13-12-14-16-20-24-30-36-44-52-60-74(4)5/h74-80,85H,9-73H2,1-8H3,(H,90,91)(H,92,93)/t75?,76?,77?,78-,79-,80-/m1/s1. The van der Waals surface area contributed by atoms with E-state index in [4.69, 9.17) is 37.0 Å². The Morgan fingerprint density at radius 3 is 0.689 bits per heavy atom. The van der Waals surface area contributed by atoms with Crippen LogP contribution in [0.25, 0.3) is 0 Å². The number of phosphoric acid groups is 2. The van der Waals surface area contributed by atoms with Crippen LogP contribution in [0.2, 0.25) is 0 Å². The van der Waals surface area contributed by atoms with Crippen molar-refractivity contribution in [3.8, 4) is 0 Å². The van der Waals surface area contributed by atoms with E-state index in [2.05, 4.69) is 55.4 Å². The number of carbonyl (C=O) groups excluding carboxylic acids is 4. The highest BCUT2D eigenvalue weighted by atomic mass is 31.2. The molecule has 0 aromatic carbocycles. The SMILES string of the molecule is CCC(C)CCCCCCCCCCCCCCCCC(=O)O[C@H](COC(=O)CCCCCCCCC(C)CC)COP(=O)(O)OC[C@H](O)COP(=O)(O)OC[C@@H](COC(=O)CCCCCCCCCCCCC(C)CC)OC(=O)CCCCCCCCCCCCCCCCCCCCC(C)C. The van der Waals surface area contributed by atoms with Gasteiger partial charge < -0.3 is 33.8 Å². The molecule has 5 unspecified atom stereocenters. The molecule has 0 rings (SSSR count). The van der Waals surface area contributed by atoms with Crippen molar-refractivity contribution in [2.24, 2.45) is 23.7 Å². The number of hydrogen-bond donors (Lipinski definition) is 3. The Labute approximate surface area is 632 Å². The molecule has 0 amide bonds. The summed E-state index contributed by atoms with van der Waals surface area (Å²) in [6.07, 6.45) is 61.0. The molecule has 612 valence electrons. The van der Waals surface area contributed by atoms with Crippen LogP contribution in [0.15, 0.2) is 0 Å². The fourth-order valence-corrected chi connectivity index (χ4v) is 14.4. The third kappa shape index (κ3) is 74.0. The Balaban J connectivity index is 5.23. The second-order valence-corrected chi connectivity index (χ2v) is 34.3. The fourth-order valence-electron chi connectivity index (χ4n) is 12.9. The summed E-state index contributed by atoms with van der Waals surface area (Å²) in [7, 11) is -9.93. The third-order valence-electron chi connectivity index (χ3n) is 20.7. The van der Waals surface area contributed by atoms with Crippen LogP contribution in [0.3, 0.4) is 0 Å². The summed E-state index contributed by atoms with van der Waals surface area (Å²) in [5, 5.41) is 10.7. The van der Waals surface area contributed by atoms with Gasteiger partial charge in [-0.25, -0.2) is 9.13 Å². The van der Waals surface area contributed by atoms with Gasteiger partial charge in [-0.1, -0.05) is 383 Å². The molecule has 0 bridgehead atoms. The smallest absolute Gasteiger partial charge is 0.462 e. The molecular weight excluding hydrogens is 1340 g/mol. The molecule has 0 heterocycles. The van der Waals surface area contributed by atoms with Crippen LogP contribution >= 0.6 is 15.6 Å². The summed E-state index contributed by atoms with van der Waals surface area (Å²) in [6, 6.07) is 0. The average Bonchev–Trinajstić information content (AvgIpc) is 0.907. The van der Waals surface area contributed by atoms with E-state index in [-0.39, 0.29) is 25.7 Å². The normalized spacial score (nSPS) is 14.8. The van der Waals surface area contributed by atoms with Crippen molar-refractivity contribution in [3.05, 3.63) is 0 Å². The highest BCUT2D eigenvalue weighted by Gasteiger charge is 2.30. The van der Waals surface area contributed by atoms with Crippen LogP contribution in [0.1, 0.15) is 434 Å². The minimum Gasteiger partial charge on any atom is -0.462 e. The van der Waals surface area contributed by atoms with Gasteiger partial charge in [-0.05, 0) is 49.4 Å². The summed E-state index contributed by atoms with van der Waals surface area (Å²) in [5.41, 5.74) is 0. The number of esters is 4. The van der Waals surface area contributed by atoms with Gasteiger partial charge in [0.05, 0.1) is 26.4 Å². The molecule has 0 aliphatic carbocycles. The zero-order valence-electron chi connectivity index (χ0n) is 68.0. The Bertz CT molecular complexity index is 2010. The van der Waals surface area contributed by atoms with E-state index in [1.165, 1.54) is 231 Å². The third-order valence-corrected chi connectivity index (χ3v) is 22.6. The first-order valence-electron chi connectivity index (χ1n) is 43.3. The molecule has 0 aliphatic rings. The van der Waals surface area contributed by atoms with Crippen molar-refractivity contribution in [2.45, 2.75) is 453 Å². The van der Waals surface area contributed by atoms with Crippen LogP contribution in [-0.4, -0.2) is 96.7 Å². The van der Waals surface area contributed by atoms with Crippen molar-refractivity contribution in [3.63, 3.8) is 0 Å². The molecule has 17 nitrogen and oxygen atoms in total. The maximum Gasteiger partial charge on any atom is 0.472 e. The minimum atomic E-state index is -4.96. The Hall–Kier alpha value is -1.94. The van der Waals surface area contributed by atoms with Gasteiger partial charge in [0.1, 0.15) is 19.3 Å². The van der Waals surface area contributed by atoms with Crippen molar-refractivity contribution in [1.29, 1.82) is 0 Å². The molecule has 8 atom stereocenters. The number of unbranched alkanes of at least 4 members (excludes halogenated alkanes) is 44. The van der Waals surface area contributed by atoms with E-state index < -0.39 is 97.5 Å². The van der Waals surface area contributed by atoms with Gasteiger partial charge >= 0.3 is 39.5 Å². The van der Waals surface area contributed by atoms with Gasteiger partial charge in [-0.15, -0.1) is 0 Å². The van der Waals surface area contributed by atoms with Crippen LogP contribution < -0.4 is 0 Å². The minimum absolute atomic E-state index is 0.106. The lowest BCUT2D eigenvalue weighted by Crippen LogP contribution is -2.30. The van der Waals surface area contributed by atoms with Crippen molar-refractivity contribution >= 4 is 39.5 Å². The van der Waals surface area contributed by atoms with E-state index in [1.54, 1.807) is 0 Å². The predicted molar refractivity (Wildman–Crippen MR) is 423 cm³/mol.